The molecule has 4 rings (SSSR count). The van der Waals surface area contributed by atoms with E-state index in [2.05, 4.69) is 30.8 Å². The normalized spacial score (nSPS) is 13.8. The van der Waals surface area contributed by atoms with Gasteiger partial charge < -0.3 is 35.2 Å². The van der Waals surface area contributed by atoms with E-state index in [9.17, 15) is 22.8 Å². The zero-order valence-corrected chi connectivity index (χ0v) is 24.5. The molecular formula is C29H34F3N7O4. The van der Waals surface area contributed by atoms with Crippen LogP contribution in [-0.2, 0) is 10.9 Å². The van der Waals surface area contributed by atoms with Crippen LogP contribution in [0.2, 0.25) is 0 Å². The summed E-state index contributed by atoms with van der Waals surface area (Å²) in [5, 5.41) is 8.04. The van der Waals surface area contributed by atoms with Crippen LogP contribution in [0.4, 0.5) is 46.8 Å². The highest BCUT2D eigenvalue weighted by Crippen LogP contribution is 2.37. The highest BCUT2D eigenvalue weighted by atomic mass is 19.4. The van der Waals surface area contributed by atoms with Crippen LogP contribution in [0.25, 0.3) is 0 Å². The minimum Gasteiger partial charge on any atom is -0.494 e. The maximum absolute atomic E-state index is 13.8. The highest BCUT2D eigenvalue weighted by molar-refractivity contribution is 6.00. The fraction of sp³-hybridized carbons (Fsp3) is 0.379. The number of halogens is 3. The number of nitrogens with one attached hydrogen (secondary N) is 3. The number of hydrogen-bond donors (Lipinski definition) is 3. The number of para-hydroxylation sites is 1. The van der Waals surface area contributed by atoms with E-state index in [0.29, 0.717) is 43.8 Å². The summed E-state index contributed by atoms with van der Waals surface area (Å²) in [5.41, 5.74) is -0.116. The number of hydrogen-bond acceptors (Lipinski definition) is 9. The van der Waals surface area contributed by atoms with Crippen LogP contribution in [0, 0.1) is 0 Å². The topological polar surface area (TPSA) is 121 Å². The average molecular weight is 602 g/mol. The van der Waals surface area contributed by atoms with Gasteiger partial charge in [-0.1, -0.05) is 12.1 Å². The van der Waals surface area contributed by atoms with Crippen LogP contribution >= 0.6 is 0 Å². The minimum absolute atomic E-state index is 0.120. The Bertz CT molecular complexity index is 1470. The second-order valence-corrected chi connectivity index (χ2v) is 10.7. The summed E-state index contributed by atoms with van der Waals surface area (Å²) in [6, 6.07) is 11.5. The number of nitrogens with zero attached hydrogens (tertiary/aromatic N) is 4. The van der Waals surface area contributed by atoms with Crippen LogP contribution in [0.15, 0.2) is 48.7 Å². The van der Waals surface area contributed by atoms with Gasteiger partial charge in [0.1, 0.15) is 22.7 Å². The molecule has 3 N–H and O–H groups in total. The van der Waals surface area contributed by atoms with Crippen molar-refractivity contribution in [2.45, 2.75) is 32.5 Å². The average Bonchev–Trinajstić information content (AvgIpc) is 2.96. The van der Waals surface area contributed by atoms with Crippen LogP contribution in [0.5, 0.6) is 5.75 Å². The predicted molar refractivity (Wildman–Crippen MR) is 156 cm³/mol. The van der Waals surface area contributed by atoms with Crippen molar-refractivity contribution < 1.29 is 32.2 Å². The lowest BCUT2D eigenvalue weighted by atomic mass is 10.1. The molecule has 1 aromatic heterocycles. The van der Waals surface area contributed by atoms with E-state index >= 15 is 0 Å². The zero-order chi connectivity index (χ0) is 31.4. The van der Waals surface area contributed by atoms with Crippen molar-refractivity contribution in [3.8, 4) is 5.75 Å². The van der Waals surface area contributed by atoms with Crippen molar-refractivity contribution in [1.82, 2.24) is 20.2 Å². The highest BCUT2D eigenvalue weighted by Gasteiger charge is 2.36. The summed E-state index contributed by atoms with van der Waals surface area (Å²) in [7, 11) is 2.90. The van der Waals surface area contributed by atoms with Gasteiger partial charge in [0, 0.05) is 51.2 Å². The Morgan fingerprint density at radius 2 is 1.65 bits per heavy atom. The summed E-state index contributed by atoms with van der Waals surface area (Å²) < 4.78 is 52.5. The molecule has 0 spiro atoms. The fourth-order valence-corrected chi connectivity index (χ4v) is 4.37. The first-order chi connectivity index (χ1) is 20.3. The largest absolute Gasteiger partial charge is 0.494 e. The maximum Gasteiger partial charge on any atom is 0.421 e. The van der Waals surface area contributed by atoms with E-state index < -0.39 is 29.1 Å². The van der Waals surface area contributed by atoms with E-state index in [4.69, 9.17) is 9.47 Å². The second-order valence-electron chi connectivity index (χ2n) is 10.7. The van der Waals surface area contributed by atoms with Crippen molar-refractivity contribution >= 4 is 40.8 Å². The number of amides is 2. The molecule has 14 heteroatoms. The molecule has 1 fully saturated rings. The Morgan fingerprint density at radius 1 is 0.953 bits per heavy atom. The third-order valence-electron chi connectivity index (χ3n) is 6.47. The molecule has 2 aromatic carbocycles. The van der Waals surface area contributed by atoms with Gasteiger partial charge in [-0.15, -0.1) is 0 Å². The van der Waals surface area contributed by atoms with Crippen molar-refractivity contribution in [3.63, 3.8) is 0 Å². The molecule has 0 unspecified atom stereocenters. The zero-order valence-electron chi connectivity index (χ0n) is 24.5. The number of carbonyl (C=O) groups excluding carboxylic acids is 2. The number of carbonyl (C=O) groups is 2. The van der Waals surface area contributed by atoms with Crippen LogP contribution in [0.1, 0.15) is 36.7 Å². The number of alkyl halides is 3. The summed E-state index contributed by atoms with van der Waals surface area (Å²) >= 11 is 0. The standard InChI is InChI=1S/C29H34F3N7O4/c1-28(2,3)43-27(41)39-14-12-38(13-15-39)18-10-11-22(23(16-18)42-5)36-26-34-17-20(29(30,31)32)24(37-26)35-21-9-7-6-8-19(21)25(40)33-4/h6-11,16-17H,12-15H2,1-5H3,(H,33,40)(H2,34,35,36,37). The number of anilines is 5. The van der Waals surface area contributed by atoms with Gasteiger partial charge in [-0.25, -0.2) is 9.78 Å². The maximum atomic E-state index is 13.8. The predicted octanol–water partition coefficient (Wildman–Crippen LogP) is 5.41. The fourth-order valence-electron chi connectivity index (χ4n) is 4.37. The number of benzene rings is 2. The van der Waals surface area contributed by atoms with Gasteiger partial charge in [-0.05, 0) is 45.0 Å². The smallest absolute Gasteiger partial charge is 0.421 e. The van der Waals surface area contributed by atoms with E-state index in [1.807, 2.05) is 26.8 Å². The SMILES string of the molecule is CNC(=O)c1ccccc1Nc1nc(Nc2ccc(N3CCN(C(=O)OC(C)(C)C)CC3)cc2OC)ncc1C(F)(F)F. The van der Waals surface area contributed by atoms with Gasteiger partial charge in [-0.2, -0.15) is 18.2 Å². The number of aromatic nitrogens is 2. The summed E-state index contributed by atoms with van der Waals surface area (Å²) in [5.74, 6) is -0.708. The number of methoxy groups -OCH3 is 1. The molecule has 0 atom stereocenters. The lowest BCUT2D eigenvalue weighted by molar-refractivity contribution is -0.137. The molecule has 1 aliphatic rings. The first-order valence-corrected chi connectivity index (χ1v) is 13.5. The summed E-state index contributed by atoms with van der Waals surface area (Å²) in [6.45, 7) is 7.58. The molecule has 1 aliphatic heterocycles. The Kier molecular flexibility index (Phi) is 9.16. The van der Waals surface area contributed by atoms with Gasteiger partial charge in [0.2, 0.25) is 5.95 Å². The molecule has 0 radical (unpaired) electrons. The monoisotopic (exact) mass is 601 g/mol. The van der Waals surface area contributed by atoms with Gasteiger partial charge >= 0.3 is 12.3 Å². The lowest BCUT2D eigenvalue weighted by Gasteiger charge is -2.37. The van der Waals surface area contributed by atoms with Crippen molar-refractivity contribution in [3.05, 3.63) is 59.8 Å². The Hall–Kier alpha value is -4.75. The second kappa shape index (κ2) is 12.6. The third-order valence-corrected chi connectivity index (χ3v) is 6.47. The Labute approximate surface area is 247 Å². The van der Waals surface area contributed by atoms with Gasteiger partial charge in [0.05, 0.1) is 24.0 Å². The molecule has 3 aromatic rings. The minimum atomic E-state index is -4.75. The molecule has 1 saturated heterocycles. The first-order valence-electron chi connectivity index (χ1n) is 13.5. The molecule has 43 heavy (non-hydrogen) atoms. The molecule has 11 nitrogen and oxygen atoms in total. The number of piperazine rings is 1. The Morgan fingerprint density at radius 3 is 2.28 bits per heavy atom. The molecule has 2 heterocycles. The lowest BCUT2D eigenvalue weighted by Crippen LogP contribution is -2.50. The summed E-state index contributed by atoms with van der Waals surface area (Å²) in [4.78, 5) is 36.4. The number of rotatable bonds is 7. The van der Waals surface area contributed by atoms with Crippen molar-refractivity contribution in [1.29, 1.82) is 0 Å². The Balaban J connectivity index is 1.54. The molecular weight excluding hydrogens is 567 g/mol. The molecule has 0 aliphatic carbocycles. The van der Waals surface area contributed by atoms with E-state index in [1.54, 1.807) is 29.2 Å². The van der Waals surface area contributed by atoms with Crippen molar-refractivity contribution in [2.75, 3.05) is 55.9 Å². The van der Waals surface area contributed by atoms with Crippen LogP contribution in [-0.4, -0.2) is 72.8 Å². The molecule has 0 bridgehead atoms. The molecule has 0 saturated carbocycles. The third kappa shape index (κ3) is 7.76. The van der Waals surface area contributed by atoms with Crippen LogP contribution < -0.4 is 25.6 Å². The van der Waals surface area contributed by atoms with Gasteiger partial charge in [0.25, 0.3) is 5.91 Å². The van der Waals surface area contributed by atoms with Crippen molar-refractivity contribution in [2.24, 2.45) is 0 Å². The molecule has 2 amide bonds. The van der Waals surface area contributed by atoms with Gasteiger partial charge in [0.15, 0.2) is 0 Å². The quantitative estimate of drug-likeness (QED) is 0.327. The van der Waals surface area contributed by atoms with E-state index in [1.165, 1.54) is 26.3 Å². The summed E-state index contributed by atoms with van der Waals surface area (Å²) in [6.07, 6.45) is -4.44. The van der Waals surface area contributed by atoms with Crippen LogP contribution in [0.3, 0.4) is 0 Å². The van der Waals surface area contributed by atoms with E-state index in [0.717, 1.165) is 5.69 Å². The van der Waals surface area contributed by atoms with E-state index in [-0.39, 0.29) is 23.3 Å². The first kappa shape index (κ1) is 31.2. The number of ether oxygens (including phenoxy) is 2. The molecule has 230 valence electrons. The van der Waals surface area contributed by atoms with Gasteiger partial charge in [-0.3, -0.25) is 4.79 Å².